The summed E-state index contributed by atoms with van der Waals surface area (Å²) in [6.07, 6.45) is 0. The number of fused-ring (bicyclic) bond motifs is 1. The first-order valence-electron chi connectivity index (χ1n) is 11.1. The van der Waals surface area contributed by atoms with E-state index >= 15 is 0 Å². The molecule has 0 saturated carbocycles. The molecule has 0 aliphatic carbocycles. The van der Waals surface area contributed by atoms with Crippen molar-refractivity contribution in [2.45, 2.75) is 33.4 Å². The van der Waals surface area contributed by atoms with Crippen LogP contribution in [0.25, 0.3) is 10.8 Å². The highest BCUT2D eigenvalue weighted by molar-refractivity contribution is 8.02. The van der Waals surface area contributed by atoms with Crippen LogP contribution in [0.15, 0.2) is 92.4 Å². The van der Waals surface area contributed by atoms with Gasteiger partial charge < -0.3 is 19.7 Å². The number of benzene rings is 4. The van der Waals surface area contributed by atoms with Gasteiger partial charge in [0.25, 0.3) is 0 Å². The normalized spacial score (nSPS) is 10.8. The van der Waals surface area contributed by atoms with Gasteiger partial charge in [0.15, 0.2) is 13.2 Å². The molecule has 0 saturated heterocycles. The van der Waals surface area contributed by atoms with E-state index in [4.69, 9.17) is 9.47 Å². The van der Waals surface area contributed by atoms with Crippen molar-refractivity contribution >= 4 is 46.2 Å². The zero-order chi connectivity index (χ0) is 25.7. The monoisotopic (exact) mass is 520 g/mol. The maximum absolute atomic E-state index is 11.4. The van der Waals surface area contributed by atoms with Gasteiger partial charge in [-0.25, -0.2) is 9.59 Å². The molecule has 0 fully saturated rings. The second-order valence-electron chi connectivity index (χ2n) is 8.06. The number of aliphatic carboxylic acids is 2. The van der Waals surface area contributed by atoms with E-state index in [-0.39, 0.29) is 0 Å². The third-order valence-electron chi connectivity index (χ3n) is 5.20. The van der Waals surface area contributed by atoms with E-state index in [0.29, 0.717) is 32.1 Å². The van der Waals surface area contributed by atoms with E-state index in [1.165, 1.54) is 23.5 Å². The number of carbonyl (C=O) groups is 2. The summed E-state index contributed by atoms with van der Waals surface area (Å²) < 4.78 is 11.8. The largest absolute Gasteiger partial charge is 0.480 e. The van der Waals surface area contributed by atoms with Crippen molar-refractivity contribution in [3.63, 3.8) is 0 Å². The molecule has 0 radical (unpaired) electrons. The van der Waals surface area contributed by atoms with Crippen LogP contribution < -0.4 is 9.47 Å². The lowest BCUT2D eigenvalue weighted by Gasteiger charge is -2.21. The first-order valence-corrected chi connectivity index (χ1v) is 12.7. The van der Waals surface area contributed by atoms with Crippen molar-refractivity contribution in [1.29, 1.82) is 0 Å². The van der Waals surface area contributed by atoms with Crippen molar-refractivity contribution in [1.82, 2.24) is 0 Å². The molecule has 4 rings (SSSR count). The van der Waals surface area contributed by atoms with Crippen LogP contribution in [-0.2, 0) is 9.59 Å². The van der Waals surface area contributed by atoms with Gasteiger partial charge in [-0.2, -0.15) is 0 Å². The number of hydrogen-bond acceptors (Lipinski definition) is 6. The molecule has 184 valence electrons. The molecule has 0 aromatic heterocycles. The smallest absolute Gasteiger partial charge is 0.341 e. The molecule has 4 aromatic rings. The highest BCUT2D eigenvalue weighted by atomic mass is 32.2. The van der Waals surface area contributed by atoms with Gasteiger partial charge in [-0.1, -0.05) is 83.2 Å². The fourth-order valence-electron chi connectivity index (χ4n) is 3.52. The molecular weight excluding hydrogens is 496 g/mol. The van der Waals surface area contributed by atoms with E-state index in [1.807, 2.05) is 86.6 Å². The Morgan fingerprint density at radius 1 is 0.639 bits per heavy atom. The fourth-order valence-corrected chi connectivity index (χ4v) is 5.68. The summed E-state index contributed by atoms with van der Waals surface area (Å²) in [4.78, 5) is 26.0. The minimum Gasteiger partial charge on any atom is -0.480 e. The van der Waals surface area contributed by atoms with Crippen molar-refractivity contribution < 1.29 is 29.3 Å². The van der Waals surface area contributed by atoms with E-state index < -0.39 is 25.2 Å². The van der Waals surface area contributed by atoms with Crippen LogP contribution in [-0.4, -0.2) is 35.4 Å². The van der Waals surface area contributed by atoms with Crippen LogP contribution >= 0.6 is 23.5 Å². The van der Waals surface area contributed by atoms with Crippen LogP contribution in [0.4, 0.5) is 0 Å². The van der Waals surface area contributed by atoms with Gasteiger partial charge in [0.05, 0.1) is 9.79 Å². The van der Waals surface area contributed by atoms with E-state index in [9.17, 15) is 19.8 Å². The topological polar surface area (TPSA) is 93.1 Å². The average molecular weight is 521 g/mol. The predicted octanol–water partition coefficient (Wildman–Crippen LogP) is 6.69. The summed E-state index contributed by atoms with van der Waals surface area (Å²) in [5.41, 5.74) is 2.22. The number of rotatable bonds is 10. The third kappa shape index (κ3) is 6.13. The van der Waals surface area contributed by atoms with E-state index in [2.05, 4.69) is 0 Å². The third-order valence-corrected chi connectivity index (χ3v) is 7.53. The number of carboxylic acid groups (broad SMARTS) is 2. The Kier molecular flexibility index (Phi) is 8.07. The molecular formula is C28H24O6S2. The first-order chi connectivity index (χ1) is 17.3. The molecule has 8 heteroatoms. The highest BCUT2D eigenvalue weighted by Gasteiger charge is 2.25. The standard InChI is InChI=1S/C28H24O6S2/c1-17-7-11-19(12-8-17)35-27-25(33-15-23(29)30)21-5-3-4-6-22(21)26(34-16-24(31)32)28(27)36-20-13-9-18(2)10-14-20/h3-14H,15-16H2,1-2H3,(H,29,30)(H,31,32). The van der Waals surface area contributed by atoms with Gasteiger partial charge >= 0.3 is 11.9 Å². The van der Waals surface area contributed by atoms with Gasteiger partial charge in [-0.15, -0.1) is 0 Å². The molecule has 4 aromatic carbocycles. The Bertz CT molecular complexity index is 1290. The van der Waals surface area contributed by atoms with Crippen molar-refractivity contribution in [3.05, 3.63) is 83.9 Å². The van der Waals surface area contributed by atoms with Gasteiger partial charge in [-0.3, -0.25) is 0 Å². The zero-order valence-corrected chi connectivity index (χ0v) is 21.3. The second kappa shape index (κ2) is 11.4. The molecule has 0 aliphatic rings. The molecule has 0 spiro atoms. The molecule has 0 heterocycles. The lowest BCUT2D eigenvalue weighted by atomic mass is 10.1. The molecule has 0 unspecified atom stereocenters. The van der Waals surface area contributed by atoms with Gasteiger partial charge in [0, 0.05) is 20.6 Å². The molecule has 0 atom stereocenters. The number of hydrogen-bond donors (Lipinski definition) is 2. The zero-order valence-electron chi connectivity index (χ0n) is 19.7. The summed E-state index contributed by atoms with van der Waals surface area (Å²) in [7, 11) is 0. The van der Waals surface area contributed by atoms with Crippen LogP contribution in [0, 0.1) is 13.8 Å². The van der Waals surface area contributed by atoms with E-state index in [0.717, 1.165) is 20.9 Å². The lowest BCUT2D eigenvalue weighted by molar-refractivity contribution is -0.140. The predicted molar refractivity (Wildman–Crippen MR) is 141 cm³/mol. The van der Waals surface area contributed by atoms with Crippen molar-refractivity contribution in [2.75, 3.05) is 13.2 Å². The minimum atomic E-state index is -1.09. The fraction of sp³-hybridized carbons (Fsp3) is 0.143. The molecule has 2 N–H and O–H groups in total. The summed E-state index contributed by atoms with van der Waals surface area (Å²) in [5, 5.41) is 20.0. The van der Waals surface area contributed by atoms with Gasteiger partial charge in [0.1, 0.15) is 11.5 Å². The molecule has 0 bridgehead atoms. The maximum Gasteiger partial charge on any atom is 0.341 e. The summed E-state index contributed by atoms with van der Waals surface area (Å²) in [5.74, 6) is -1.36. The number of aryl methyl sites for hydroxylation is 2. The van der Waals surface area contributed by atoms with Crippen LogP contribution in [0.1, 0.15) is 11.1 Å². The van der Waals surface area contributed by atoms with Gasteiger partial charge in [0.2, 0.25) is 0 Å². The highest BCUT2D eigenvalue weighted by Crippen LogP contribution is 2.53. The Balaban J connectivity index is 1.98. The Hall–Kier alpha value is -3.62. The average Bonchev–Trinajstić information content (AvgIpc) is 2.85. The summed E-state index contributed by atoms with van der Waals surface area (Å²) in [6, 6.07) is 23.2. The maximum atomic E-state index is 11.4. The molecule has 0 aliphatic heterocycles. The quantitative estimate of drug-likeness (QED) is 0.239. The van der Waals surface area contributed by atoms with Crippen LogP contribution in [0.2, 0.25) is 0 Å². The summed E-state index contributed by atoms with van der Waals surface area (Å²) in [6.45, 7) is 2.97. The van der Waals surface area contributed by atoms with Crippen molar-refractivity contribution in [2.24, 2.45) is 0 Å². The van der Waals surface area contributed by atoms with Crippen LogP contribution in [0.3, 0.4) is 0 Å². The Labute approximate surface area is 217 Å². The Morgan fingerprint density at radius 2 is 1.00 bits per heavy atom. The van der Waals surface area contributed by atoms with Gasteiger partial charge in [-0.05, 0) is 38.1 Å². The first kappa shape index (κ1) is 25.5. The molecule has 36 heavy (non-hydrogen) atoms. The molecule has 0 amide bonds. The SMILES string of the molecule is Cc1ccc(Sc2c(Sc3ccc(C)cc3)c(OCC(=O)O)c3ccccc3c2OCC(=O)O)cc1. The lowest BCUT2D eigenvalue weighted by Crippen LogP contribution is -2.12. The second-order valence-corrected chi connectivity index (χ2v) is 10.2. The van der Waals surface area contributed by atoms with E-state index in [1.54, 1.807) is 0 Å². The number of ether oxygens (including phenoxy) is 2. The minimum absolute atomic E-state index is 0.413. The van der Waals surface area contributed by atoms with Crippen LogP contribution in [0.5, 0.6) is 11.5 Å². The number of carboxylic acids is 2. The molecule has 6 nitrogen and oxygen atoms in total. The van der Waals surface area contributed by atoms with Crippen molar-refractivity contribution in [3.8, 4) is 11.5 Å². The Morgan fingerprint density at radius 3 is 1.33 bits per heavy atom. The summed E-state index contributed by atoms with van der Waals surface area (Å²) >= 11 is 2.84.